The minimum absolute atomic E-state index is 0.0537. The number of ether oxygens (including phenoxy) is 2. The molecule has 202 valence electrons. The molecular weight excluding hydrogens is 514 g/mol. The Bertz CT molecular complexity index is 1470. The van der Waals surface area contributed by atoms with E-state index < -0.39 is 21.5 Å². The minimum atomic E-state index is -3.58. The molecule has 0 unspecified atom stereocenters. The second-order valence-corrected chi connectivity index (χ2v) is 12.3. The molecule has 3 aromatic carbocycles. The summed E-state index contributed by atoms with van der Waals surface area (Å²) in [5, 5.41) is 0. The Kier molecular flexibility index (Phi) is 6.97. The molecule has 3 heterocycles. The van der Waals surface area contributed by atoms with Crippen LogP contribution in [0.25, 0.3) is 0 Å². The Morgan fingerprint density at radius 1 is 0.897 bits per heavy atom. The highest BCUT2D eigenvalue weighted by Crippen LogP contribution is 2.45. The summed E-state index contributed by atoms with van der Waals surface area (Å²) >= 11 is 0. The number of rotatable bonds is 7. The third-order valence-electron chi connectivity index (χ3n) is 7.64. The van der Waals surface area contributed by atoms with E-state index >= 15 is 0 Å². The van der Waals surface area contributed by atoms with Gasteiger partial charge in [0.2, 0.25) is 5.90 Å². The average Bonchev–Trinajstić information content (AvgIpc) is 3.33. The summed E-state index contributed by atoms with van der Waals surface area (Å²) in [6.07, 6.45) is -0.630. The number of nitrogens with zero attached hydrogens (tertiary/aromatic N) is 3. The van der Waals surface area contributed by atoms with Crippen LogP contribution < -0.4 is 0 Å². The number of benzene rings is 3. The number of hydrogen-bond acceptors (Lipinski definition) is 7. The van der Waals surface area contributed by atoms with Crippen LogP contribution in [0.5, 0.6) is 0 Å². The molecule has 0 bridgehead atoms. The molecule has 0 saturated carbocycles. The van der Waals surface area contributed by atoms with Crippen molar-refractivity contribution in [3.05, 3.63) is 102 Å². The normalized spacial score (nSPS) is 23.4. The smallest absolute Gasteiger partial charge is 0.256 e. The van der Waals surface area contributed by atoms with Gasteiger partial charge in [0.1, 0.15) is 0 Å². The predicted octanol–water partition coefficient (Wildman–Crippen LogP) is 3.09. The van der Waals surface area contributed by atoms with E-state index in [4.69, 9.17) is 14.5 Å². The van der Waals surface area contributed by atoms with Crippen LogP contribution in [-0.4, -0.2) is 80.7 Å². The van der Waals surface area contributed by atoms with Crippen LogP contribution in [0.1, 0.15) is 22.8 Å². The van der Waals surface area contributed by atoms with Crippen molar-refractivity contribution in [1.29, 1.82) is 0 Å². The summed E-state index contributed by atoms with van der Waals surface area (Å²) in [5.41, 5.74) is 1.38. The van der Waals surface area contributed by atoms with E-state index in [9.17, 15) is 13.2 Å². The molecule has 1 saturated heterocycles. The summed E-state index contributed by atoms with van der Waals surface area (Å²) in [7, 11) is -3.58. The van der Waals surface area contributed by atoms with Gasteiger partial charge in [0.05, 0.1) is 23.9 Å². The van der Waals surface area contributed by atoms with Crippen molar-refractivity contribution < 1.29 is 22.7 Å². The molecule has 0 aliphatic carbocycles. The number of fused-ring (bicyclic) bond motifs is 3. The van der Waals surface area contributed by atoms with Crippen LogP contribution in [0.2, 0.25) is 0 Å². The van der Waals surface area contributed by atoms with Crippen molar-refractivity contribution in [3.8, 4) is 0 Å². The lowest BCUT2D eigenvalue weighted by Crippen LogP contribution is -2.56. The third kappa shape index (κ3) is 4.97. The van der Waals surface area contributed by atoms with Crippen LogP contribution >= 0.6 is 0 Å². The topological polar surface area (TPSA) is 88.5 Å². The molecule has 2 atom stereocenters. The zero-order valence-corrected chi connectivity index (χ0v) is 22.4. The van der Waals surface area contributed by atoms with E-state index in [1.165, 1.54) is 0 Å². The highest BCUT2D eigenvalue weighted by Gasteiger charge is 2.57. The number of sulfone groups is 1. The van der Waals surface area contributed by atoms with Crippen molar-refractivity contribution in [2.45, 2.75) is 23.1 Å². The van der Waals surface area contributed by atoms with E-state index in [1.807, 2.05) is 54.6 Å². The van der Waals surface area contributed by atoms with E-state index in [1.54, 1.807) is 35.2 Å². The van der Waals surface area contributed by atoms with E-state index in [0.717, 1.165) is 16.7 Å². The molecule has 39 heavy (non-hydrogen) atoms. The van der Waals surface area contributed by atoms with E-state index in [-0.39, 0.29) is 23.1 Å². The Hall–Kier alpha value is -3.53. The maximum absolute atomic E-state index is 14.6. The lowest BCUT2D eigenvalue weighted by Gasteiger charge is -2.37. The second-order valence-electron chi connectivity index (χ2n) is 10.2. The fourth-order valence-corrected chi connectivity index (χ4v) is 6.87. The van der Waals surface area contributed by atoms with Gasteiger partial charge in [-0.1, -0.05) is 60.7 Å². The fourth-order valence-electron chi connectivity index (χ4n) is 5.60. The van der Waals surface area contributed by atoms with Crippen molar-refractivity contribution in [2.24, 2.45) is 4.99 Å². The molecule has 1 amide bonds. The van der Waals surface area contributed by atoms with Crippen molar-refractivity contribution in [2.75, 3.05) is 45.1 Å². The van der Waals surface area contributed by atoms with Gasteiger partial charge in [-0.2, -0.15) is 0 Å². The summed E-state index contributed by atoms with van der Waals surface area (Å²) < 4.78 is 38.5. The maximum Gasteiger partial charge on any atom is 0.256 e. The van der Waals surface area contributed by atoms with Gasteiger partial charge >= 0.3 is 0 Å². The first-order valence-corrected chi connectivity index (χ1v) is 14.9. The van der Waals surface area contributed by atoms with Crippen LogP contribution in [0.4, 0.5) is 0 Å². The van der Waals surface area contributed by atoms with Gasteiger partial charge in [-0.25, -0.2) is 13.4 Å². The van der Waals surface area contributed by atoms with Crippen molar-refractivity contribution in [3.63, 3.8) is 0 Å². The van der Waals surface area contributed by atoms with E-state index in [0.29, 0.717) is 45.3 Å². The Labute approximate surface area is 228 Å². The lowest BCUT2D eigenvalue weighted by atomic mass is 9.86. The van der Waals surface area contributed by atoms with Gasteiger partial charge in [-0.3, -0.25) is 9.69 Å². The van der Waals surface area contributed by atoms with Crippen molar-refractivity contribution >= 4 is 21.6 Å². The van der Waals surface area contributed by atoms with Crippen LogP contribution in [0, 0.1) is 0 Å². The van der Waals surface area contributed by atoms with Crippen LogP contribution in [0.15, 0.2) is 94.8 Å². The summed E-state index contributed by atoms with van der Waals surface area (Å²) in [4.78, 5) is 23.8. The third-order valence-corrected chi connectivity index (χ3v) is 9.35. The van der Waals surface area contributed by atoms with Gasteiger partial charge in [0.15, 0.2) is 21.5 Å². The summed E-state index contributed by atoms with van der Waals surface area (Å²) in [6.45, 7) is 3.23. The second kappa shape index (κ2) is 10.6. The number of amides is 1. The largest absolute Gasteiger partial charge is 0.466 e. The monoisotopic (exact) mass is 545 g/mol. The molecule has 0 radical (unpaired) electrons. The molecule has 3 aliphatic rings. The molecule has 3 aromatic rings. The number of carbonyl (C=O) groups excluding carboxylic acids is 1. The molecule has 1 fully saturated rings. The van der Waals surface area contributed by atoms with Crippen LogP contribution in [-0.2, 0) is 30.7 Å². The van der Waals surface area contributed by atoms with Gasteiger partial charge < -0.3 is 14.4 Å². The zero-order valence-electron chi connectivity index (χ0n) is 21.6. The average molecular weight is 546 g/mol. The van der Waals surface area contributed by atoms with Gasteiger partial charge in [-0.15, -0.1) is 0 Å². The minimum Gasteiger partial charge on any atom is -0.466 e. The maximum atomic E-state index is 14.6. The first kappa shape index (κ1) is 25.7. The first-order valence-electron chi connectivity index (χ1n) is 13.2. The van der Waals surface area contributed by atoms with Crippen LogP contribution in [0.3, 0.4) is 0 Å². The summed E-state index contributed by atoms with van der Waals surface area (Å²) in [6, 6.07) is 25.8. The molecule has 8 nitrogen and oxygen atoms in total. The molecule has 3 aliphatic heterocycles. The molecule has 0 spiro atoms. The number of aliphatic imine (C=N–C) groups is 1. The van der Waals surface area contributed by atoms with Crippen molar-refractivity contribution in [1.82, 2.24) is 9.80 Å². The Balaban J connectivity index is 1.41. The van der Waals surface area contributed by atoms with E-state index in [2.05, 4.69) is 4.90 Å². The molecule has 0 aromatic heterocycles. The highest BCUT2D eigenvalue weighted by molar-refractivity contribution is 7.91. The zero-order chi connectivity index (χ0) is 26.9. The van der Waals surface area contributed by atoms with Gasteiger partial charge in [0, 0.05) is 43.9 Å². The predicted molar refractivity (Wildman–Crippen MR) is 147 cm³/mol. The number of morpholine rings is 1. The Morgan fingerprint density at radius 2 is 1.56 bits per heavy atom. The SMILES string of the molecule is O=C1N(CCS(=O)(=O)c2ccccc2)Cc2ccccc2[C@@H]2OC(c3ccccc3)=N[C@]12CN1CCOCC1. The molecule has 0 N–H and O–H groups in total. The molecular formula is C30H31N3O5S. The molecule has 6 rings (SSSR count). The van der Waals surface area contributed by atoms with Gasteiger partial charge in [0.25, 0.3) is 5.91 Å². The fraction of sp³-hybridized carbons (Fsp3) is 0.333. The standard InChI is InChI=1S/C30H31N3O5S/c34-29-30(22-32-15-18-37-19-16-32)27(38-28(31-30)23-9-3-1-4-10-23)26-14-8-7-11-24(26)21-33(29)17-20-39(35,36)25-12-5-2-6-13-25/h1-14,27H,15-22H2/t27-,30-/m0/s1. The Morgan fingerprint density at radius 3 is 2.31 bits per heavy atom. The number of carbonyl (C=O) groups is 1. The summed E-state index contributed by atoms with van der Waals surface area (Å²) in [5.74, 6) is 0.0273. The molecule has 9 heteroatoms. The highest BCUT2D eigenvalue weighted by atomic mass is 32.2. The number of hydrogen-bond donors (Lipinski definition) is 0. The first-order chi connectivity index (χ1) is 19.0. The lowest BCUT2D eigenvalue weighted by molar-refractivity contribution is -0.141. The quantitative estimate of drug-likeness (QED) is 0.454. The van der Waals surface area contributed by atoms with Gasteiger partial charge in [-0.05, 0) is 29.8 Å².